The maximum Gasteiger partial charge on any atom is 0.0629 e. The monoisotopic (exact) mass is 295 g/mol. The topological polar surface area (TPSA) is 21.3 Å². The normalized spacial score (nSPS) is 34.0. The predicted octanol–water partition coefficient (Wildman–Crippen LogP) is 4.92. The third-order valence-corrected chi connectivity index (χ3v) is 6.23. The van der Waals surface area contributed by atoms with Crippen LogP contribution in [0.5, 0.6) is 0 Å². The number of fused-ring (bicyclic) bond motifs is 1. The van der Waals surface area contributed by atoms with E-state index in [1.807, 2.05) is 0 Å². The number of nitrogens with one attached hydrogen (secondary N) is 1. The zero-order valence-electron chi connectivity index (χ0n) is 14.8. The van der Waals surface area contributed by atoms with Crippen molar-refractivity contribution in [1.82, 2.24) is 5.32 Å². The first-order chi connectivity index (χ1) is 10.1. The molecule has 1 N–H and O–H groups in total. The summed E-state index contributed by atoms with van der Waals surface area (Å²) in [5.74, 6) is 0.870. The van der Waals surface area contributed by atoms with Crippen LogP contribution < -0.4 is 5.32 Å². The molecule has 124 valence electrons. The van der Waals surface area contributed by atoms with Gasteiger partial charge in [0.05, 0.1) is 12.2 Å². The second-order valence-corrected chi connectivity index (χ2v) is 7.69. The smallest absolute Gasteiger partial charge is 0.0629 e. The summed E-state index contributed by atoms with van der Waals surface area (Å²) in [4.78, 5) is 0. The maximum absolute atomic E-state index is 6.67. The molecular weight excluding hydrogens is 258 g/mol. The van der Waals surface area contributed by atoms with Gasteiger partial charge in [-0.05, 0) is 69.2 Å². The molecule has 2 nitrogen and oxygen atoms in total. The van der Waals surface area contributed by atoms with Gasteiger partial charge in [-0.3, -0.25) is 0 Å². The minimum Gasteiger partial charge on any atom is -0.374 e. The SMILES string of the molecule is CCCC(C)(CC)C(CC)OC1CCC2NCCCC2C1. The second kappa shape index (κ2) is 7.97. The van der Waals surface area contributed by atoms with Gasteiger partial charge in [0.2, 0.25) is 0 Å². The molecule has 1 heterocycles. The van der Waals surface area contributed by atoms with E-state index in [2.05, 4.69) is 33.0 Å². The maximum atomic E-state index is 6.67. The summed E-state index contributed by atoms with van der Waals surface area (Å²) in [6.07, 6.45) is 12.6. The van der Waals surface area contributed by atoms with E-state index in [1.165, 1.54) is 57.9 Å². The Hall–Kier alpha value is -0.0800. The largest absolute Gasteiger partial charge is 0.374 e. The first-order valence-corrected chi connectivity index (χ1v) is 9.51. The highest BCUT2D eigenvalue weighted by Gasteiger charge is 2.37. The molecule has 2 rings (SSSR count). The lowest BCUT2D eigenvalue weighted by Gasteiger charge is -2.44. The summed E-state index contributed by atoms with van der Waals surface area (Å²) < 4.78 is 6.67. The first kappa shape index (κ1) is 17.3. The van der Waals surface area contributed by atoms with Crippen molar-refractivity contribution in [2.45, 2.75) is 104 Å². The van der Waals surface area contributed by atoms with Gasteiger partial charge in [-0.15, -0.1) is 0 Å². The zero-order valence-corrected chi connectivity index (χ0v) is 14.8. The van der Waals surface area contributed by atoms with Crippen molar-refractivity contribution in [2.75, 3.05) is 6.54 Å². The van der Waals surface area contributed by atoms with E-state index in [9.17, 15) is 0 Å². The summed E-state index contributed by atoms with van der Waals surface area (Å²) >= 11 is 0. The molecule has 0 radical (unpaired) electrons. The third kappa shape index (κ3) is 4.22. The van der Waals surface area contributed by atoms with E-state index in [-0.39, 0.29) is 0 Å². The second-order valence-electron chi connectivity index (χ2n) is 7.69. The van der Waals surface area contributed by atoms with Crippen LogP contribution in [0.15, 0.2) is 0 Å². The molecule has 0 spiro atoms. The van der Waals surface area contributed by atoms with Crippen LogP contribution in [0.4, 0.5) is 0 Å². The molecule has 0 aromatic rings. The predicted molar refractivity (Wildman–Crippen MR) is 90.6 cm³/mol. The van der Waals surface area contributed by atoms with E-state index in [0.717, 1.165) is 18.4 Å². The Labute approximate surface area is 132 Å². The Morgan fingerprint density at radius 3 is 2.67 bits per heavy atom. The van der Waals surface area contributed by atoms with Crippen LogP contribution in [-0.2, 0) is 4.74 Å². The quantitative estimate of drug-likeness (QED) is 0.720. The lowest BCUT2D eigenvalue weighted by Crippen LogP contribution is -2.47. The van der Waals surface area contributed by atoms with Crippen LogP contribution in [0.3, 0.4) is 0 Å². The third-order valence-electron chi connectivity index (χ3n) is 6.23. The summed E-state index contributed by atoms with van der Waals surface area (Å²) in [6, 6.07) is 0.784. The van der Waals surface area contributed by atoms with Crippen LogP contribution in [0, 0.1) is 11.3 Å². The van der Waals surface area contributed by atoms with Crippen molar-refractivity contribution >= 4 is 0 Å². The fraction of sp³-hybridized carbons (Fsp3) is 1.00. The summed E-state index contributed by atoms with van der Waals surface area (Å²) in [6.45, 7) is 10.6. The molecule has 1 aliphatic carbocycles. The Balaban J connectivity index is 1.92. The molecule has 5 unspecified atom stereocenters. The average molecular weight is 296 g/mol. The number of ether oxygens (including phenoxy) is 1. The molecule has 0 bridgehead atoms. The van der Waals surface area contributed by atoms with Crippen LogP contribution in [0.2, 0.25) is 0 Å². The van der Waals surface area contributed by atoms with Gasteiger partial charge in [-0.25, -0.2) is 0 Å². The summed E-state index contributed by atoms with van der Waals surface area (Å²) in [7, 11) is 0. The van der Waals surface area contributed by atoms with E-state index in [4.69, 9.17) is 4.74 Å². The van der Waals surface area contributed by atoms with Gasteiger partial charge in [0.1, 0.15) is 0 Å². The van der Waals surface area contributed by atoms with Gasteiger partial charge >= 0.3 is 0 Å². The number of hydrogen-bond donors (Lipinski definition) is 1. The van der Waals surface area contributed by atoms with Crippen molar-refractivity contribution < 1.29 is 4.74 Å². The standard InChI is InChI=1S/C19H37NO/c1-5-12-19(4,7-3)18(6-2)21-16-10-11-17-15(14-16)9-8-13-20-17/h15-18,20H,5-14H2,1-4H3. The molecule has 21 heavy (non-hydrogen) atoms. The van der Waals surface area contributed by atoms with Crippen LogP contribution in [-0.4, -0.2) is 24.8 Å². The zero-order chi connectivity index (χ0) is 15.3. The highest BCUT2D eigenvalue weighted by molar-refractivity contribution is 4.90. The molecule has 1 saturated heterocycles. The minimum atomic E-state index is 0.366. The molecule has 1 aliphatic heterocycles. The Bertz CT molecular complexity index is 306. The van der Waals surface area contributed by atoms with Crippen LogP contribution in [0.1, 0.15) is 85.5 Å². The molecule has 0 amide bonds. The van der Waals surface area contributed by atoms with Gasteiger partial charge in [-0.2, -0.15) is 0 Å². The Morgan fingerprint density at radius 2 is 2.00 bits per heavy atom. The van der Waals surface area contributed by atoms with Crippen molar-refractivity contribution in [1.29, 1.82) is 0 Å². The highest BCUT2D eigenvalue weighted by Crippen LogP contribution is 2.39. The number of hydrogen-bond acceptors (Lipinski definition) is 2. The highest BCUT2D eigenvalue weighted by atomic mass is 16.5. The van der Waals surface area contributed by atoms with Gasteiger partial charge in [0, 0.05) is 6.04 Å². The molecule has 5 atom stereocenters. The van der Waals surface area contributed by atoms with Crippen LogP contribution in [0.25, 0.3) is 0 Å². The van der Waals surface area contributed by atoms with Gasteiger partial charge < -0.3 is 10.1 Å². The van der Waals surface area contributed by atoms with Crippen molar-refractivity contribution in [3.63, 3.8) is 0 Å². The summed E-state index contributed by atoms with van der Waals surface area (Å²) in [5, 5.41) is 3.72. The minimum absolute atomic E-state index is 0.366. The lowest BCUT2D eigenvalue weighted by atomic mass is 9.75. The Kier molecular flexibility index (Phi) is 6.55. The van der Waals surface area contributed by atoms with Crippen molar-refractivity contribution in [3.8, 4) is 0 Å². The van der Waals surface area contributed by atoms with Gasteiger partial charge in [-0.1, -0.05) is 34.1 Å². The molecule has 0 aromatic carbocycles. The number of piperidine rings is 1. The molecule has 0 aromatic heterocycles. The number of rotatable bonds is 7. The summed E-state index contributed by atoms with van der Waals surface area (Å²) in [5.41, 5.74) is 0.366. The van der Waals surface area contributed by atoms with Gasteiger partial charge in [0.25, 0.3) is 0 Å². The van der Waals surface area contributed by atoms with Crippen molar-refractivity contribution in [3.05, 3.63) is 0 Å². The molecular formula is C19H37NO. The molecule has 2 fully saturated rings. The van der Waals surface area contributed by atoms with Crippen LogP contribution >= 0.6 is 0 Å². The fourth-order valence-electron chi connectivity index (χ4n) is 4.71. The van der Waals surface area contributed by atoms with Crippen molar-refractivity contribution in [2.24, 2.45) is 11.3 Å². The van der Waals surface area contributed by atoms with E-state index >= 15 is 0 Å². The molecule has 2 heteroatoms. The van der Waals surface area contributed by atoms with E-state index < -0.39 is 0 Å². The molecule has 1 saturated carbocycles. The lowest BCUT2D eigenvalue weighted by molar-refractivity contribution is -0.106. The van der Waals surface area contributed by atoms with E-state index in [0.29, 0.717) is 17.6 Å². The fourth-order valence-corrected chi connectivity index (χ4v) is 4.71. The van der Waals surface area contributed by atoms with E-state index in [1.54, 1.807) is 0 Å². The van der Waals surface area contributed by atoms with Gasteiger partial charge in [0.15, 0.2) is 0 Å². The molecule has 2 aliphatic rings. The Morgan fingerprint density at radius 1 is 1.19 bits per heavy atom. The average Bonchev–Trinajstić information content (AvgIpc) is 2.52. The first-order valence-electron chi connectivity index (χ1n) is 9.51.